The molecular formula is C21H18ClF2N5O2. The van der Waals surface area contributed by atoms with Crippen molar-refractivity contribution < 1.29 is 18.6 Å². The van der Waals surface area contributed by atoms with Gasteiger partial charge in [-0.1, -0.05) is 6.07 Å². The van der Waals surface area contributed by atoms with E-state index >= 15 is 0 Å². The number of pyridine rings is 1. The number of hydrogen-bond donors (Lipinski definition) is 2. The zero-order valence-corrected chi connectivity index (χ0v) is 17.0. The third-order valence-electron chi connectivity index (χ3n) is 5.52. The van der Waals surface area contributed by atoms with E-state index in [2.05, 4.69) is 25.4 Å². The zero-order valence-electron chi connectivity index (χ0n) is 16.2. The normalized spacial score (nSPS) is 19.5. The fraction of sp³-hybridized carbons (Fsp3) is 0.286. The fourth-order valence-electron chi connectivity index (χ4n) is 4.03. The Morgan fingerprint density at radius 2 is 2.10 bits per heavy atom. The van der Waals surface area contributed by atoms with Gasteiger partial charge in [0, 0.05) is 30.6 Å². The molecule has 0 aliphatic carbocycles. The van der Waals surface area contributed by atoms with Gasteiger partial charge in [0.2, 0.25) is 0 Å². The summed E-state index contributed by atoms with van der Waals surface area (Å²) in [6, 6.07) is 7.44. The molecule has 10 heteroatoms. The lowest BCUT2D eigenvalue weighted by Gasteiger charge is -2.33. The average Bonchev–Trinajstić information content (AvgIpc) is 3.20. The summed E-state index contributed by atoms with van der Waals surface area (Å²) in [7, 11) is 0. The summed E-state index contributed by atoms with van der Waals surface area (Å²) in [6.07, 6.45) is 1.88. The molecule has 2 aromatic heterocycles. The molecule has 0 spiro atoms. The van der Waals surface area contributed by atoms with Gasteiger partial charge in [-0.05, 0) is 29.8 Å². The van der Waals surface area contributed by atoms with Gasteiger partial charge in [0.05, 0.1) is 24.0 Å². The van der Waals surface area contributed by atoms with E-state index in [1.807, 2.05) is 0 Å². The number of anilines is 2. The van der Waals surface area contributed by atoms with Gasteiger partial charge in [-0.25, -0.2) is 13.8 Å². The number of alkyl halides is 1. The molecule has 31 heavy (non-hydrogen) atoms. The Kier molecular flexibility index (Phi) is 4.97. The minimum Gasteiger partial charge on any atom is -0.504 e. The van der Waals surface area contributed by atoms with Crippen LogP contribution in [0.4, 0.5) is 20.3 Å². The van der Waals surface area contributed by atoms with Gasteiger partial charge in [0.25, 0.3) is 5.88 Å². The molecular weight excluding hydrogens is 428 g/mol. The summed E-state index contributed by atoms with van der Waals surface area (Å²) in [5, 5.41) is 21.6. The van der Waals surface area contributed by atoms with Crippen LogP contribution in [0.15, 0.2) is 36.5 Å². The molecule has 5 rings (SSSR count). The minimum atomic E-state index is -0.725. The molecule has 2 aliphatic rings. The van der Waals surface area contributed by atoms with Crippen molar-refractivity contribution >= 4 is 23.1 Å². The molecule has 2 atom stereocenters. The van der Waals surface area contributed by atoms with E-state index in [0.29, 0.717) is 36.6 Å². The van der Waals surface area contributed by atoms with Crippen LogP contribution in [0.2, 0.25) is 0 Å². The first-order valence-corrected chi connectivity index (χ1v) is 10.3. The second kappa shape index (κ2) is 7.81. The molecule has 160 valence electrons. The fourth-order valence-corrected chi connectivity index (χ4v) is 4.17. The summed E-state index contributed by atoms with van der Waals surface area (Å²) in [4.78, 5) is 6.15. The minimum absolute atomic E-state index is 0.0508. The number of para-hydroxylation sites is 1. The highest BCUT2D eigenvalue weighted by molar-refractivity contribution is 6.17. The third-order valence-corrected chi connectivity index (χ3v) is 5.83. The maximum atomic E-state index is 14.3. The molecule has 1 aromatic carbocycles. The Balaban J connectivity index is 1.40. The molecule has 7 nitrogen and oxygen atoms in total. The number of aromatic nitrogens is 3. The lowest BCUT2D eigenvalue weighted by atomic mass is 10.1. The molecule has 2 aliphatic heterocycles. The van der Waals surface area contributed by atoms with E-state index in [1.165, 1.54) is 24.4 Å². The highest BCUT2D eigenvalue weighted by Gasteiger charge is 2.38. The van der Waals surface area contributed by atoms with Gasteiger partial charge in [-0.15, -0.1) is 21.8 Å². The maximum absolute atomic E-state index is 14.3. The number of fused-ring (bicyclic) bond motifs is 3. The van der Waals surface area contributed by atoms with Crippen LogP contribution in [-0.4, -0.2) is 45.5 Å². The zero-order chi connectivity index (χ0) is 21.5. The largest absolute Gasteiger partial charge is 0.504 e. The van der Waals surface area contributed by atoms with E-state index in [4.69, 9.17) is 16.3 Å². The maximum Gasteiger partial charge on any atom is 0.250 e. The highest BCUT2D eigenvalue weighted by Crippen LogP contribution is 2.39. The lowest BCUT2D eigenvalue weighted by molar-refractivity contribution is 0.202. The van der Waals surface area contributed by atoms with Crippen LogP contribution in [0.3, 0.4) is 0 Å². The Labute approximate surface area is 181 Å². The average molecular weight is 446 g/mol. The van der Waals surface area contributed by atoms with E-state index in [1.54, 1.807) is 12.1 Å². The number of nitrogens with one attached hydrogen (secondary N) is 1. The van der Waals surface area contributed by atoms with Crippen molar-refractivity contribution in [3.63, 3.8) is 0 Å². The van der Waals surface area contributed by atoms with E-state index in [-0.39, 0.29) is 29.5 Å². The van der Waals surface area contributed by atoms with Crippen molar-refractivity contribution in [3.8, 4) is 22.9 Å². The van der Waals surface area contributed by atoms with E-state index in [9.17, 15) is 13.9 Å². The number of nitrogens with zero attached hydrogens (tertiary/aromatic N) is 4. The van der Waals surface area contributed by atoms with Gasteiger partial charge in [-0.2, -0.15) is 0 Å². The molecule has 0 radical (unpaired) electrons. The predicted octanol–water partition coefficient (Wildman–Crippen LogP) is 3.71. The standard InChI is InChI=1S/C21H18ClF2N5O2/c22-7-11-4-16(24)21(26-8-11)31-13-5-12-9-25-20-18(29(12)10-13)6-17(27-28-20)14-2-1-3-15(23)19(14)30/h1-4,6,8,12-13,30H,5,7,9-10H2,(H,25,28). The van der Waals surface area contributed by atoms with Gasteiger partial charge < -0.3 is 20.1 Å². The van der Waals surface area contributed by atoms with Crippen LogP contribution < -0.4 is 15.0 Å². The summed E-state index contributed by atoms with van der Waals surface area (Å²) in [5.74, 6) is -1.02. The molecule has 1 fully saturated rings. The van der Waals surface area contributed by atoms with Crippen LogP contribution in [-0.2, 0) is 5.88 Å². The second-order valence-corrected chi connectivity index (χ2v) is 7.79. The SMILES string of the molecule is Oc1c(F)cccc1-c1cc2c(nn1)NCC1CC(Oc3ncc(CCl)cc3F)CN21. The van der Waals surface area contributed by atoms with E-state index in [0.717, 1.165) is 5.69 Å². The highest BCUT2D eigenvalue weighted by atomic mass is 35.5. The Bertz CT molecular complexity index is 1150. The van der Waals surface area contributed by atoms with Crippen LogP contribution in [0.1, 0.15) is 12.0 Å². The Hall–Kier alpha value is -3.20. The van der Waals surface area contributed by atoms with Gasteiger partial charge in [0.1, 0.15) is 6.10 Å². The molecule has 0 amide bonds. The number of ether oxygens (including phenoxy) is 1. The first-order chi connectivity index (χ1) is 15.0. The van der Waals surface area contributed by atoms with Crippen molar-refractivity contribution in [2.24, 2.45) is 0 Å². The molecule has 0 saturated carbocycles. The first-order valence-electron chi connectivity index (χ1n) is 9.76. The van der Waals surface area contributed by atoms with Crippen LogP contribution in [0, 0.1) is 11.6 Å². The number of hydrogen-bond acceptors (Lipinski definition) is 7. The van der Waals surface area contributed by atoms with Crippen LogP contribution >= 0.6 is 11.6 Å². The number of halogens is 3. The molecule has 2 unspecified atom stereocenters. The number of phenols is 1. The number of phenolic OH excluding ortho intramolecular Hbond substituents is 1. The van der Waals surface area contributed by atoms with Crippen molar-refractivity contribution in [1.82, 2.24) is 15.2 Å². The van der Waals surface area contributed by atoms with Crippen molar-refractivity contribution in [2.45, 2.75) is 24.4 Å². The molecule has 4 heterocycles. The Morgan fingerprint density at radius 1 is 1.23 bits per heavy atom. The second-order valence-electron chi connectivity index (χ2n) is 7.53. The third kappa shape index (κ3) is 3.59. The summed E-state index contributed by atoms with van der Waals surface area (Å²) in [5.41, 5.74) is 1.96. The molecule has 1 saturated heterocycles. The molecule has 0 bridgehead atoms. The van der Waals surface area contributed by atoms with Gasteiger partial charge >= 0.3 is 0 Å². The first kappa shape index (κ1) is 19.7. The van der Waals surface area contributed by atoms with E-state index < -0.39 is 17.4 Å². The predicted molar refractivity (Wildman–Crippen MR) is 111 cm³/mol. The smallest absolute Gasteiger partial charge is 0.250 e. The van der Waals surface area contributed by atoms with Crippen molar-refractivity contribution in [2.75, 3.05) is 23.3 Å². The summed E-state index contributed by atoms with van der Waals surface area (Å²) >= 11 is 5.72. The number of rotatable bonds is 4. The monoisotopic (exact) mass is 445 g/mol. The lowest BCUT2D eigenvalue weighted by Crippen LogP contribution is -2.40. The Morgan fingerprint density at radius 3 is 2.90 bits per heavy atom. The van der Waals surface area contributed by atoms with Gasteiger partial charge in [0.15, 0.2) is 23.2 Å². The van der Waals surface area contributed by atoms with Crippen LogP contribution in [0.5, 0.6) is 11.6 Å². The molecule has 2 N–H and O–H groups in total. The van der Waals surface area contributed by atoms with Crippen LogP contribution in [0.25, 0.3) is 11.3 Å². The van der Waals surface area contributed by atoms with Crippen molar-refractivity contribution in [1.29, 1.82) is 0 Å². The van der Waals surface area contributed by atoms with Gasteiger partial charge in [-0.3, -0.25) is 0 Å². The quantitative estimate of drug-likeness (QED) is 0.592. The molecule has 3 aromatic rings. The number of benzene rings is 1. The number of aromatic hydroxyl groups is 1. The summed E-state index contributed by atoms with van der Waals surface area (Å²) in [6.45, 7) is 1.13. The summed E-state index contributed by atoms with van der Waals surface area (Å²) < 4.78 is 33.9. The van der Waals surface area contributed by atoms with Crippen molar-refractivity contribution in [3.05, 3.63) is 53.7 Å². The topological polar surface area (TPSA) is 83.4 Å².